The first kappa shape index (κ1) is 19.9. The quantitative estimate of drug-likeness (QED) is 0.754. The van der Waals surface area contributed by atoms with Gasteiger partial charge in [-0.25, -0.2) is 0 Å². The fourth-order valence-corrected chi connectivity index (χ4v) is 5.90. The van der Waals surface area contributed by atoms with Gasteiger partial charge in [-0.2, -0.15) is 0 Å². The number of hydrogen-bond acceptors (Lipinski definition) is 4. The highest BCUT2D eigenvalue weighted by molar-refractivity contribution is 6.08. The first-order chi connectivity index (χ1) is 15.1. The van der Waals surface area contributed by atoms with E-state index < -0.39 is 11.6 Å². The van der Waals surface area contributed by atoms with Crippen molar-refractivity contribution in [3.8, 4) is 11.5 Å². The number of rotatable bonds is 4. The lowest BCUT2D eigenvalue weighted by Crippen LogP contribution is -2.71. The summed E-state index contributed by atoms with van der Waals surface area (Å²) in [4.78, 5) is 29.1. The SMILES string of the molecule is CCN1C(=O)[C@H](C(=O)Nc2ccc(OC)cc2)[C@H]2c3ccccc3O[C@@]13CCCC[C@@H]23. The van der Waals surface area contributed by atoms with Gasteiger partial charge in [-0.3, -0.25) is 9.59 Å². The standard InChI is InChI=1S/C25H28N2O4/c1-3-27-24(29)22(23(28)26-16-11-13-17(30-2)14-12-16)21-18-8-4-5-10-20(18)31-25(27)15-7-6-9-19(21)25/h4-5,8,10-14,19,21-22H,3,6-7,9,15H2,1-2H3,(H,26,28)/t19-,21-,22-,25+/m0/s1. The molecule has 1 saturated heterocycles. The van der Waals surface area contributed by atoms with Crippen molar-refractivity contribution >= 4 is 17.5 Å². The molecule has 5 rings (SSSR count). The van der Waals surface area contributed by atoms with Gasteiger partial charge in [0.15, 0.2) is 5.72 Å². The summed E-state index contributed by atoms with van der Waals surface area (Å²) >= 11 is 0. The number of benzene rings is 2. The minimum Gasteiger partial charge on any atom is -0.497 e. The fraction of sp³-hybridized carbons (Fsp3) is 0.440. The molecule has 2 heterocycles. The van der Waals surface area contributed by atoms with Gasteiger partial charge in [0.25, 0.3) is 0 Å². The summed E-state index contributed by atoms with van der Waals surface area (Å²) in [5.41, 5.74) is 0.992. The van der Waals surface area contributed by atoms with E-state index in [0.29, 0.717) is 18.0 Å². The van der Waals surface area contributed by atoms with Crippen molar-refractivity contribution in [1.29, 1.82) is 0 Å². The molecule has 4 atom stereocenters. The molecule has 31 heavy (non-hydrogen) atoms. The molecule has 0 spiro atoms. The van der Waals surface area contributed by atoms with Crippen LogP contribution in [-0.4, -0.2) is 36.1 Å². The molecule has 2 bridgehead atoms. The zero-order valence-corrected chi connectivity index (χ0v) is 18.0. The topological polar surface area (TPSA) is 67.9 Å². The Bertz CT molecular complexity index is 1000. The molecule has 2 amide bonds. The van der Waals surface area contributed by atoms with Crippen LogP contribution in [0.5, 0.6) is 11.5 Å². The number of piperidine rings is 1. The van der Waals surface area contributed by atoms with Crippen LogP contribution in [0.2, 0.25) is 0 Å². The van der Waals surface area contributed by atoms with E-state index in [1.165, 1.54) is 0 Å². The number of anilines is 1. The molecule has 1 N–H and O–H groups in total. The summed E-state index contributed by atoms with van der Waals surface area (Å²) in [6.45, 7) is 2.50. The van der Waals surface area contributed by atoms with Crippen molar-refractivity contribution in [3.63, 3.8) is 0 Å². The average Bonchev–Trinajstić information content (AvgIpc) is 2.79. The Morgan fingerprint density at radius 1 is 1.19 bits per heavy atom. The van der Waals surface area contributed by atoms with Crippen molar-refractivity contribution in [2.45, 2.75) is 44.2 Å². The van der Waals surface area contributed by atoms with Crippen molar-refractivity contribution in [2.75, 3.05) is 19.0 Å². The van der Waals surface area contributed by atoms with Gasteiger partial charge in [-0.1, -0.05) is 24.6 Å². The van der Waals surface area contributed by atoms with Gasteiger partial charge in [0.1, 0.15) is 17.4 Å². The fourth-order valence-electron chi connectivity index (χ4n) is 5.90. The number of carbonyl (C=O) groups is 2. The average molecular weight is 421 g/mol. The first-order valence-electron chi connectivity index (χ1n) is 11.1. The minimum absolute atomic E-state index is 0.111. The van der Waals surface area contributed by atoms with Gasteiger partial charge < -0.3 is 19.7 Å². The van der Waals surface area contributed by atoms with Crippen molar-refractivity contribution < 1.29 is 19.1 Å². The van der Waals surface area contributed by atoms with Gasteiger partial charge in [-0.15, -0.1) is 0 Å². The summed E-state index contributed by atoms with van der Waals surface area (Å²) in [7, 11) is 1.60. The van der Waals surface area contributed by atoms with Gasteiger partial charge in [0.05, 0.1) is 7.11 Å². The summed E-state index contributed by atoms with van der Waals surface area (Å²) in [6, 6.07) is 15.1. The smallest absolute Gasteiger partial charge is 0.238 e. The summed E-state index contributed by atoms with van der Waals surface area (Å²) < 4.78 is 11.8. The second-order valence-corrected chi connectivity index (χ2v) is 8.64. The number of nitrogens with one attached hydrogen (secondary N) is 1. The summed E-state index contributed by atoms with van der Waals surface area (Å²) in [5.74, 6) is 0.288. The predicted molar refractivity (Wildman–Crippen MR) is 117 cm³/mol. The van der Waals surface area contributed by atoms with Crippen LogP contribution in [-0.2, 0) is 9.59 Å². The van der Waals surface area contributed by atoms with Crippen molar-refractivity contribution in [3.05, 3.63) is 54.1 Å². The van der Waals surface area contributed by atoms with Crippen LogP contribution in [0.25, 0.3) is 0 Å². The van der Waals surface area contributed by atoms with E-state index in [1.807, 2.05) is 36.1 Å². The molecular weight excluding hydrogens is 392 g/mol. The van der Waals surface area contributed by atoms with Crippen LogP contribution >= 0.6 is 0 Å². The lowest BCUT2D eigenvalue weighted by molar-refractivity contribution is -0.206. The maximum absolute atomic E-state index is 13.7. The number of fused-ring (bicyclic) bond motifs is 2. The Morgan fingerprint density at radius 3 is 2.71 bits per heavy atom. The normalized spacial score (nSPS) is 28.8. The minimum atomic E-state index is -0.775. The Balaban J connectivity index is 1.57. The van der Waals surface area contributed by atoms with Gasteiger partial charge >= 0.3 is 0 Å². The third-order valence-electron chi connectivity index (χ3n) is 7.18. The Labute approximate surface area is 182 Å². The summed E-state index contributed by atoms with van der Waals surface area (Å²) in [6.07, 6.45) is 3.88. The molecule has 0 radical (unpaired) electrons. The van der Waals surface area contributed by atoms with Gasteiger partial charge in [0.2, 0.25) is 11.8 Å². The number of amides is 2. The number of carbonyl (C=O) groups excluding carboxylic acids is 2. The van der Waals surface area contributed by atoms with Crippen LogP contribution in [0.1, 0.15) is 44.1 Å². The number of nitrogens with zero attached hydrogens (tertiary/aromatic N) is 1. The van der Waals surface area contributed by atoms with Gasteiger partial charge in [-0.05, 0) is 55.7 Å². The molecule has 2 aromatic carbocycles. The van der Waals surface area contributed by atoms with E-state index in [1.54, 1.807) is 31.4 Å². The number of methoxy groups -OCH3 is 1. The van der Waals surface area contributed by atoms with E-state index in [-0.39, 0.29) is 23.7 Å². The van der Waals surface area contributed by atoms with E-state index >= 15 is 0 Å². The highest BCUT2D eigenvalue weighted by Gasteiger charge is 2.64. The van der Waals surface area contributed by atoms with Crippen LogP contribution in [0.4, 0.5) is 5.69 Å². The molecule has 2 aromatic rings. The van der Waals surface area contributed by atoms with Crippen LogP contribution < -0.4 is 14.8 Å². The third kappa shape index (κ3) is 2.99. The van der Waals surface area contributed by atoms with Crippen LogP contribution in [0.3, 0.4) is 0 Å². The Morgan fingerprint density at radius 2 is 1.97 bits per heavy atom. The molecule has 3 aliphatic rings. The van der Waals surface area contributed by atoms with E-state index in [2.05, 4.69) is 5.32 Å². The lowest BCUT2D eigenvalue weighted by atomic mass is 9.61. The Hall–Kier alpha value is -3.02. The highest BCUT2D eigenvalue weighted by atomic mass is 16.5. The molecule has 0 unspecified atom stereocenters. The van der Waals surface area contributed by atoms with Crippen LogP contribution in [0.15, 0.2) is 48.5 Å². The molecule has 162 valence electrons. The number of ether oxygens (including phenoxy) is 2. The van der Waals surface area contributed by atoms with E-state index in [4.69, 9.17) is 9.47 Å². The molecule has 2 fully saturated rings. The molecule has 6 nitrogen and oxygen atoms in total. The monoisotopic (exact) mass is 420 g/mol. The van der Waals surface area contributed by atoms with Gasteiger partial charge in [0, 0.05) is 30.5 Å². The molecule has 6 heteroatoms. The van der Waals surface area contributed by atoms with Crippen LogP contribution in [0, 0.1) is 11.8 Å². The third-order valence-corrected chi connectivity index (χ3v) is 7.18. The molecule has 0 aromatic heterocycles. The lowest BCUT2D eigenvalue weighted by Gasteiger charge is -2.60. The largest absolute Gasteiger partial charge is 0.497 e. The molecule has 2 aliphatic heterocycles. The predicted octanol–water partition coefficient (Wildman–Crippen LogP) is 4.17. The zero-order chi connectivity index (χ0) is 21.6. The molecular formula is C25H28N2O4. The zero-order valence-electron chi connectivity index (χ0n) is 18.0. The highest BCUT2D eigenvalue weighted by Crippen LogP contribution is 2.58. The summed E-state index contributed by atoms with van der Waals surface area (Å²) in [5, 5.41) is 2.98. The molecule has 1 saturated carbocycles. The van der Waals surface area contributed by atoms with E-state index in [9.17, 15) is 9.59 Å². The second kappa shape index (κ2) is 7.59. The second-order valence-electron chi connectivity index (χ2n) is 8.64. The molecule has 1 aliphatic carbocycles. The number of likely N-dealkylation sites (tertiary alicyclic amines) is 1. The number of hydrogen-bond donors (Lipinski definition) is 1. The maximum Gasteiger partial charge on any atom is 0.238 e. The first-order valence-corrected chi connectivity index (χ1v) is 11.1. The maximum atomic E-state index is 13.7. The van der Waals surface area contributed by atoms with Crippen molar-refractivity contribution in [2.24, 2.45) is 11.8 Å². The number of para-hydroxylation sites is 1. The van der Waals surface area contributed by atoms with E-state index in [0.717, 1.165) is 37.0 Å². The Kier molecular flexibility index (Phi) is 4.88. The van der Waals surface area contributed by atoms with Crippen molar-refractivity contribution in [1.82, 2.24) is 4.90 Å².